The lowest BCUT2D eigenvalue weighted by Gasteiger charge is -2.37. The Hall–Kier alpha value is -2.87. The molecule has 1 aliphatic carbocycles. The molecule has 0 radical (unpaired) electrons. The quantitative estimate of drug-likeness (QED) is 0.441. The third-order valence-electron chi connectivity index (χ3n) is 6.75. The van der Waals surface area contributed by atoms with Crippen LogP contribution < -0.4 is 4.90 Å². The zero-order chi connectivity index (χ0) is 21.5. The Balaban J connectivity index is 1.56. The number of imidazole rings is 1. The summed E-state index contributed by atoms with van der Waals surface area (Å²) in [6.45, 7) is 4.10. The summed E-state index contributed by atoms with van der Waals surface area (Å²) in [5.74, 6) is 2.87. The largest absolute Gasteiger partial charge is 0.346 e. The SMILES string of the molecule is CCn1ccnc1[C@@H]1CCCCN1c1nc(-c2cnccn2)nc2sc3c(c12)CCCC3. The zero-order valence-corrected chi connectivity index (χ0v) is 19.2. The van der Waals surface area contributed by atoms with Gasteiger partial charge in [-0.05, 0) is 57.4 Å². The van der Waals surface area contributed by atoms with Gasteiger partial charge >= 0.3 is 0 Å². The predicted molar refractivity (Wildman–Crippen MR) is 127 cm³/mol. The number of aryl methyl sites for hydroxylation is 3. The topological polar surface area (TPSA) is 72.6 Å². The van der Waals surface area contributed by atoms with Crippen molar-refractivity contribution in [2.75, 3.05) is 11.4 Å². The minimum Gasteiger partial charge on any atom is -0.346 e. The summed E-state index contributed by atoms with van der Waals surface area (Å²) in [6, 6.07) is 0.227. The summed E-state index contributed by atoms with van der Waals surface area (Å²) in [5, 5.41) is 1.26. The molecule has 164 valence electrons. The highest BCUT2D eigenvalue weighted by molar-refractivity contribution is 7.19. The Morgan fingerprint density at radius 1 is 1.03 bits per heavy atom. The van der Waals surface area contributed by atoms with Gasteiger partial charge in [0.25, 0.3) is 0 Å². The second-order valence-electron chi connectivity index (χ2n) is 8.63. The van der Waals surface area contributed by atoms with E-state index in [4.69, 9.17) is 15.0 Å². The predicted octanol–water partition coefficient (Wildman–Crippen LogP) is 4.98. The molecule has 0 saturated carbocycles. The molecule has 2 aliphatic rings. The maximum atomic E-state index is 5.17. The van der Waals surface area contributed by atoms with Gasteiger partial charge in [-0.25, -0.2) is 19.9 Å². The van der Waals surface area contributed by atoms with Crippen molar-refractivity contribution < 1.29 is 0 Å². The molecule has 1 aliphatic heterocycles. The van der Waals surface area contributed by atoms with E-state index >= 15 is 0 Å². The molecule has 4 aromatic heterocycles. The highest BCUT2D eigenvalue weighted by atomic mass is 32.1. The molecule has 0 amide bonds. The van der Waals surface area contributed by atoms with E-state index in [1.807, 2.05) is 17.5 Å². The molecule has 1 saturated heterocycles. The van der Waals surface area contributed by atoms with Crippen LogP contribution in [-0.4, -0.2) is 36.0 Å². The molecule has 8 heteroatoms. The molecule has 0 spiro atoms. The first-order chi connectivity index (χ1) is 15.8. The summed E-state index contributed by atoms with van der Waals surface area (Å²) in [4.78, 5) is 28.8. The highest BCUT2D eigenvalue weighted by Gasteiger charge is 2.32. The van der Waals surface area contributed by atoms with E-state index in [0.29, 0.717) is 5.82 Å². The van der Waals surface area contributed by atoms with Crippen LogP contribution in [0.3, 0.4) is 0 Å². The molecule has 0 unspecified atom stereocenters. The van der Waals surface area contributed by atoms with Crippen LogP contribution in [-0.2, 0) is 19.4 Å². The standard InChI is InChI=1S/C24H27N7S/c1-2-30-14-12-27-22(30)18-8-5-6-13-31(18)23-20-16-7-3-4-9-19(16)32-24(20)29-21(28-23)17-15-25-10-11-26-17/h10-12,14-15,18H,2-9,13H2,1H3/t18-/m0/s1. The molecule has 0 aromatic carbocycles. The van der Waals surface area contributed by atoms with Gasteiger partial charge in [0.15, 0.2) is 5.82 Å². The van der Waals surface area contributed by atoms with Crippen LogP contribution in [0, 0.1) is 0 Å². The molecule has 4 aromatic rings. The minimum atomic E-state index is 0.227. The lowest BCUT2D eigenvalue weighted by molar-refractivity contribution is 0.440. The van der Waals surface area contributed by atoms with Crippen LogP contribution in [0.1, 0.15) is 61.3 Å². The first-order valence-corrected chi connectivity index (χ1v) is 12.5. The number of thiophene rings is 1. The van der Waals surface area contributed by atoms with E-state index in [2.05, 4.69) is 32.6 Å². The summed E-state index contributed by atoms with van der Waals surface area (Å²) < 4.78 is 2.27. The van der Waals surface area contributed by atoms with Crippen molar-refractivity contribution in [2.45, 2.75) is 64.5 Å². The van der Waals surface area contributed by atoms with E-state index in [1.165, 1.54) is 41.5 Å². The van der Waals surface area contributed by atoms with Gasteiger partial charge in [0, 0.05) is 42.8 Å². The Kier molecular flexibility index (Phi) is 5.09. The summed E-state index contributed by atoms with van der Waals surface area (Å²) in [6.07, 6.45) is 17.4. The number of piperidine rings is 1. The Morgan fingerprint density at radius 2 is 1.97 bits per heavy atom. The fourth-order valence-corrected chi connectivity index (χ4v) is 6.47. The average molecular weight is 446 g/mol. The fraction of sp³-hybridized carbons (Fsp3) is 0.458. The number of fused-ring (bicyclic) bond motifs is 3. The Bertz CT molecular complexity index is 1250. The molecule has 0 bridgehead atoms. The molecular formula is C24H27N7S. The van der Waals surface area contributed by atoms with Crippen LogP contribution >= 0.6 is 11.3 Å². The van der Waals surface area contributed by atoms with Gasteiger partial charge in [-0.3, -0.25) is 4.98 Å². The molecule has 0 N–H and O–H groups in total. The van der Waals surface area contributed by atoms with E-state index in [9.17, 15) is 0 Å². The van der Waals surface area contributed by atoms with Gasteiger partial charge in [-0.15, -0.1) is 11.3 Å². The van der Waals surface area contributed by atoms with Gasteiger partial charge in [0.1, 0.15) is 22.2 Å². The molecule has 32 heavy (non-hydrogen) atoms. The lowest BCUT2D eigenvalue weighted by atomic mass is 9.95. The van der Waals surface area contributed by atoms with Crippen molar-refractivity contribution in [1.82, 2.24) is 29.5 Å². The van der Waals surface area contributed by atoms with Crippen molar-refractivity contribution in [1.29, 1.82) is 0 Å². The molecule has 6 rings (SSSR count). The van der Waals surface area contributed by atoms with Crippen molar-refractivity contribution in [3.8, 4) is 11.5 Å². The molecule has 1 atom stereocenters. The number of hydrogen-bond acceptors (Lipinski definition) is 7. The van der Waals surface area contributed by atoms with Crippen LogP contribution in [0.2, 0.25) is 0 Å². The first kappa shape index (κ1) is 19.8. The second kappa shape index (κ2) is 8.24. The summed E-state index contributed by atoms with van der Waals surface area (Å²) in [7, 11) is 0. The van der Waals surface area contributed by atoms with Crippen LogP contribution in [0.5, 0.6) is 0 Å². The maximum Gasteiger partial charge on any atom is 0.183 e. The maximum absolute atomic E-state index is 5.17. The minimum absolute atomic E-state index is 0.227. The normalized spacial score (nSPS) is 18.8. The Labute approximate surface area is 191 Å². The second-order valence-corrected chi connectivity index (χ2v) is 9.71. The van der Waals surface area contributed by atoms with Crippen molar-refractivity contribution in [3.63, 3.8) is 0 Å². The highest BCUT2D eigenvalue weighted by Crippen LogP contribution is 2.44. The van der Waals surface area contributed by atoms with Gasteiger partial charge in [-0.2, -0.15) is 0 Å². The van der Waals surface area contributed by atoms with E-state index in [-0.39, 0.29) is 6.04 Å². The Morgan fingerprint density at radius 3 is 2.84 bits per heavy atom. The third kappa shape index (κ3) is 3.28. The molecule has 1 fully saturated rings. The van der Waals surface area contributed by atoms with Crippen molar-refractivity contribution in [2.24, 2.45) is 0 Å². The average Bonchev–Trinajstić information content (AvgIpc) is 3.48. The number of rotatable bonds is 4. The monoisotopic (exact) mass is 445 g/mol. The van der Waals surface area contributed by atoms with E-state index in [1.54, 1.807) is 18.6 Å². The van der Waals surface area contributed by atoms with Crippen LogP contribution in [0.25, 0.3) is 21.7 Å². The smallest absolute Gasteiger partial charge is 0.183 e. The van der Waals surface area contributed by atoms with Crippen molar-refractivity contribution >= 4 is 27.4 Å². The fourth-order valence-electron chi connectivity index (χ4n) is 5.21. The third-order valence-corrected chi connectivity index (χ3v) is 7.93. The zero-order valence-electron chi connectivity index (χ0n) is 18.4. The van der Waals surface area contributed by atoms with Gasteiger partial charge in [0.05, 0.1) is 17.6 Å². The molecular weight excluding hydrogens is 418 g/mol. The summed E-state index contributed by atoms with van der Waals surface area (Å²) >= 11 is 1.85. The van der Waals surface area contributed by atoms with E-state index in [0.717, 1.165) is 54.5 Å². The first-order valence-electron chi connectivity index (χ1n) is 11.7. The lowest BCUT2D eigenvalue weighted by Crippen LogP contribution is -2.36. The number of hydrogen-bond donors (Lipinski definition) is 0. The van der Waals surface area contributed by atoms with Crippen LogP contribution in [0.15, 0.2) is 31.0 Å². The molecule has 7 nitrogen and oxygen atoms in total. The van der Waals surface area contributed by atoms with Gasteiger partial charge in [-0.1, -0.05) is 0 Å². The van der Waals surface area contributed by atoms with Gasteiger partial charge in [0.2, 0.25) is 0 Å². The van der Waals surface area contributed by atoms with Crippen LogP contribution in [0.4, 0.5) is 5.82 Å². The molecule has 5 heterocycles. The number of nitrogens with zero attached hydrogens (tertiary/aromatic N) is 7. The summed E-state index contributed by atoms with van der Waals surface area (Å²) in [5.41, 5.74) is 2.20. The van der Waals surface area contributed by atoms with Crippen molar-refractivity contribution in [3.05, 3.63) is 47.2 Å². The number of aromatic nitrogens is 6. The number of anilines is 1. The van der Waals surface area contributed by atoms with Gasteiger partial charge < -0.3 is 9.47 Å². The van der Waals surface area contributed by atoms with E-state index < -0.39 is 0 Å².